The van der Waals surface area contributed by atoms with Crippen LogP contribution in [0.4, 0.5) is 24.9 Å². The van der Waals surface area contributed by atoms with Gasteiger partial charge in [0, 0.05) is 13.1 Å². The zero-order valence-electron chi connectivity index (χ0n) is 20.4. The molecule has 3 aromatic rings. The Bertz CT molecular complexity index is 1080. The van der Waals surface area contributed by atoms with Crippen molar-refractivity contribution >= 4 is 33.3 Å². The fourth-order valence-electron chi connectivity index (χ4n) is 3.86. The number of halogens is 3. The van der Waals surface area contributed by atoms with E-state index in [1.165, 1.54) is 0 Å². The van der Waals surface area contributed by atoms with Crippen molar-refractivity contribution in [2.75, 3.05) is 36.9 Å². The fourth-order valence-corrected chi connectivity index (χ4v) is 4.92. The lowest BCUT2D eigenvalue weighted by Gasteiger charge is -2.28. The Balaban J connectivity index is 1.81. The number of aliphatic hydroxyl groups is 1. The van der Waals surface area contributed by atoms with E-state index < -0.39 is 18.4 Å². The summed E-state index contributed by atoms with van der Waals surface area (Å²) in [6, 6.07) is 7.85. The number of aromatic nitrogens is 3. The van der Waals surface area contributed by atoms with Gasteiger partial charge in [0.25, 0.3) is 0 Å². The van der Waals surface area contributed by atoms with Crippen LogP contribution in [0.3, 0.4) is 0 Å². The molecule has 192 valence electrons. The number of nitrogens with one attached hydrogen (secondary N) is 2. The summed E-state index contributed by atoms with van der Waals surface area (Å²) in [5, 5.41) is 17.5. The molecule has 0 fully saturated rings. The number of rotatable bonds is 12. The third kappa shape index (κ3) is 7.74. The van der Waals surface area contributed by atoms with Crippen LogP contribution in [0.1, 0.15) is 39.3 Å². The van der Waals surface area contributed by atoms with E-state index in [0.717, 1.165) is 33.6 Å². The molecule has 0 amide bonds. The molecule has 0 bridgehead atoms. The Hall–Kier alpha value is -2.50. The minimum atomic E-state index is -4.36. The van der Waals surface area contributed by atoms with Crippen molar-refractivity contribution in [2.24, 2.45) is 5.92 Å². The van der Waals surface area contributed by atoms with Gasteiger partial charge >= 0.3 is 6.18 Å². The fraction of sp³-hybridized carbons (Fsp3) is 0.542. The van der Waals surface area contributed by atoms with Gasteiger partial charge in [-0.05, 0) is 45.2 Å². The third-order valence-electron chi connectivity index (χ3n) is 5.67. The second kappa shape index (κ2) is 11.5. The Labute approximate surface area is 207 Å². The molecule has 0 saturated heterocycles. The molecule has 3 N–H and O–H groups in total. The van der Waals surface area contributed by atoms with Gasteiger partial charge in [-0.3, -0.25) is 0 Å². The van der Waals surface area contributed by atoms with Crippen LogP contribution in [0.15, 0.2) is 24.3 Å². The summed E-state index contributed by atoms with van der Waals surface area (Å²) in [4.78, 5) is 13.9. The molecule has 35 heavy (non-hydrogen) atoms. The van der Waals surface area contributed by atoms with E-state index in [4.69, 9.17) is 4.98 Å². The number of anilines is 2. The van der Waals surface area contributed by atoms with Crippen LogP contribution in [-0.2, 0) is 4.74 Å². The van der Waals surface area contributed by atoms with E-state index in [2.05, 4.69) is 25.3 Å². The maximum absolute atomic E-state index is 12.3. The molecule has 0 saturated carbocycles. The summed E-state index contributed by atoms with van der Waals surface area (Å²) >= 11 is 1.54. The molecular formula is C24H32F3N5O2S. The number of benzene rings is 1. The van der Waals surface area contributed by atoms with Crippen LogP contribution < -0.4 is 10.6 Å². The van der Waals surface area contributed by atoms with Crippen LogP contribution in [0, 0.1) is 12.8 Å². The van der Waals surface area contributed by atoms with E-state index >= 15 is 0 Å². The lowest BCUT2D eigenvalue weighted by Crippen LogP contribution is -2.31. The monoisotopic (exact) mass is 511 g/mol. The van der Waals surface area contributed by atoms with Crippen LogP contribution in [0.25, 0.3) is 20.8 Å². The van der Waals surface area contributed by atoms with Gasteiger partial charge < -0.3 is 20.5 Å². The molecule has 1 unspecified atom stereocenters. The van der Waals surface area contributed by atoms with Crippen molar-refractivity contribution in [3.63, 3.8) is 0 Å². The summed E-state index contributed by atoms with van der Waals surface area (Å²) in [5.74, 6) is 0.980. The minimum absolute atomic E-state index is 0.104. The number of ether oxygens (including phenoxy) is 1. The quantitative estimate of drug-likeness (QED) is 0.271. The topological polar surface area (TPSA) is 92.2 Å². The molecular weight excluding hydrogens is 479 g/mol. The predicted molar refractivity (Wildman–Crippen MR) is 134 cm³/mol. The Morgan fingerprint density at radius 3 is 2.49 bits per heavy atom. The first-order chi connectivity index (χ1) is 16.5. The molecule has 0 radical (unpaired) electrons. The van der Waals surface area contributed by atoms with Gasteiger partial charge in [0.05, 0.1) is 33.7 Å². The molecule has 0 spiro atoms. The second-order valence-corrected chi connectivity index (χ2v) is 9.94. The van der Waals surface area contributed by atoms with Crippen molar-refractivity contribution in [1.29, 1.82) is 0 Å². The highest BCUT2D eigenvalue weighted by Crippen LogP contribution is 2.36. The average Bonchev–Trinajstić information content (AvgIpc) is 3.18. The van der Waals surface area contributed by atoms with E-state index in [1.807, 2.05) is 52.0 Å². The number of fused-ring (bicyclic) bond motifs is 1. The third-order valence-corrected chi connectivity index (χ3v) is 6.72. The van der Waals surface area contributed by atoms with Gasteiger partial charge in [0.2, 0.25) is 5.95 Å². The summed E-state index contributed by atoms with van der Waals surface area (Å²) in [6.07, 6.45) is -2.79. The highest BCUT2D eigenvalue weighted by Gasteiger charge is 2.27. The number of aryl methyl sites for hydroxylation is 1. The smallest absolute Gasteiger partial charge is 0.390 e. The Morgan fingerprint density at radius 2 is 1.83 bits per heavy atom. The van der Waals surface area contributed by atoms with Gasteiger partial charge in [-0.15, -0.1) is 11.3 Å². The molecule has 2 heterocycles. The number of para-hydroxylation sites is 1. The first kappa shape index (κ1) is 27.1. The van der Waals surface area contributed by atoms with Gasteiger partial charge in [0.15, 0.2) is 0 Å². The molecule has 1 aromatic carbocycles. The largest absolute Gasteiger partial charge is 0.411 e. The van der Waals surface area contributed by atoms with E-state index in [0.29, 0.717) is 24.0 Å². The van der Waals surface area contributed by atoms with Crippen LogP contribution in [-0.4, -0.2) is 58.1 Å². The number of thiazole rings is 1. The minimum Gasteiger partial charge on any atom is -0.390 e. The molecule has 1 atom stereocenters. The van der Waals surface area contributed by atoms with Crippen molar-refractivity contribution < 1.29 is 23.0 Å². The molecule has 0 aliphatic heterocycles. The lowest BCUT2D eigenvalue weighted by molar-refractivity contribution is -0.172. The highest BCUT2D eigenvalue weighted by atomic mass is 32.1. The van der Waals surface area contributed by atoms with Crippen LogP contribution in [0.2, 0.25) is 0 Å². The standard InChI is InChI=1S/C24H32F3N5O2S/c1-5-16(23(3,4)33)10-11-28-20-19(21-31-17-8-6-7-9-18(17)35-21)15(2)30-22(32-20)29-12-13-34-14-24(25,26)27/h6-9,16,33H,5,10-14H2,1-4H3,(H2,28,29,30,32). The van der Waals surface area contributed by atoms with E-state index in [-0.39, 0.29) is 19.1 Å². The molecule has 7 nitrogen and oxygen atoms in total. The number of hydrogen-bond donors (Lipinski definition) is 3. The second-order valence-electron chi connectivity index (χ2n) is 8.91. The summed E-state index contributed by atoms with van der Waals surface area (Å²) < 4.78 is 42.5. The first-order valence-corrected chi connectivity index (χ1v) is 12.4. The Morgan fingerprint density at radius 1 is 1.09 bits per heavy atom. The number of alkyl halides is 3. The van der Waals surface area contributed by atoms with Crippen LogP contribution in [0.5, 0.6) is 0 Å². The first-order valence-electron chi connectivity index (χ1n) is 11.6. The summed E-state index contributed by atoms with van der Waals surface area (Å²) in [5.41, 5.74) is 1.56. The maximum atomic E-state index is 12.3. The van der Waals surface area contributed by atoms with Gasteiger partial charge in [-0.2, -0.15) is 18.2 Å². The van der Waals surface area contributed by atoms with Crippen LogP contribution >= 0.6 is 11.3 Å². The average molecular weight is 512 g/mol. The molecule has 11 heteroatoms. The van der Waals surface area contributed by atoms with Crippen molar-refractivity contribution in [1.82, 2.24) is 15.0 Å². The van der Waals surface area contributed by atoms with Crippen molar-refractivity contribution in [2.45, 2.75) is 52.3 Å². The van der Waals surface area contributed by atoms with Gasteiger partial charge in [-0.25, -0.2) is 9.97 Å². The summed E-state index contributed by atoms with van der Waals surface area (Å²) in [7, 11) is 0. The number of nitrogens with zero attached hydrogens (tertiary/aromatic N) is 3. The molecule has 0 aliphatic rings. The van der Waals surface area contributed by atoms with Gasteiger partial charge in [-0.1, -0.05) is 25.5 Å². The van der Waals surface area contributed by atoms with Crippen molar-refractivity contribution in [3.8, 4) is 10.6 Å². The van der Waals surface area contributed by atoms with Crippen molar-refractivity contribution in [3.05, 3.63) is 30.0 Å². The predicted octanol–water partition coefficient (Wildman–Crippen LogP) is 5.65. The molecule has 0 aliphatic carbocycles. The molecule has 2 aromatic heterocycles. The zero-order chi connectivity index (χ0) is 25.6. The number of hydrogen-bond acceptors (Lipinski definition) is 8. The SMILES string of the molecule is CCC(CCNc1nc(NCCOCC(F)(F)F)nc(C)c1-c1nc2ccccc2s1)C(C)(C)O. The zero-order valence-corrected chi connectivity index (χ0v) is 21.2. The molecule has 3 rings (SSSR count). The maximum Gasteiger partial charge on any atom is 0.411 e. The highest BCUT2D eigenvalue weighted by molar-refractivity contribution is 7.21. The lowest BCUT2D eigenvalue weighted by atomic mass is 9.86. The van der Waals surface area contributed by atoms with Gasteiger partial charge in [0.1, 0.15) is 17.4 Å². The normalized spacial score (nSPS) is 13.3. The van der Waals surface area contributed by atoms with E-state index in [1.54, 1.807) is 11.3 Å². The van der Waals surface area contributed by atoms with E-state index in [9.17, 15) is 18.3 Å². The summed E-state index contributed by atoms with van der Waals surface area (Å²) in [6.45, 7) is 6.80. The Kier molecular flexibility index (Phi) is 8.89.